The van der Waals surface area contributed by atoms with Crippen LogP contribution in [0.2, 0.25) is 0 Å². The van der Waals surface area contributed by atoms with Crippen LogP contribution in [0.15, 0.2) is 27.7 Å². The van der Waals surface area contributed by atoms with E-state index in [-0.39, 0.29) is 55.2 Å². The van der Waals surface area contributed by atoms with Gasteiger partial charge in [0.25, 0.3) is 0 Å². The molecule has 2 atom stereocenters. The molecule has 0 saturated heterocycles. The monoisotopic (exact) mass is 537 g/mol. The number of hydrogen-bond donors (Lipinski definition) is 2. The van der Waals surface area contributed by atoms with E-state index in [2.05, 4.69) is 31.6 Å². The fourth-order valence-corrected chi connectivity index (χ4v) is 3.18. The molecule has 9 heteroatoms. The largest absolute Gasteiger partial charge is 0.391 e. The Balaban J connectivity index is 0.00000312. The molecular weight excluding hydrogens is 517 g/mol. The van der Waals surface area contributed by atoms with Crippen molar-refractivity contribution in [2.75, 3.05) is 7.05 Å². The number of rotatable bonds is 3. The van der Waals surface area contributed by atoms with Crippen molar-refractivity contribution in [1.82, 2.24) is 10.6 Å². The molecule has 25 heavy (non-hydrogen) atoms. The van der Waals surface area contributed by atoms with Crippen LogP contribution in [0.25, 0.3) is 0 Å². The molecule has 1 aromatic rings. The summed E-state index contributed by atoms with van der Waals surface area (Å²) in [6.07, 6.45) is -2.74. The van der Waals surface area contributed by atoms with E-state index >= 15 is 0 Å². The molecule has 1 aliphatic rings. The van der Waals surface area contributed by atoms with Crippen molar-refractivity contribution in [3.63, 3.8) is 0 Å². The molecule has 142 valence electrons. The Morgan fingerprint density at radius 2 is 2.04 bits per heavy atom. The molecular formula is C16H21BrF4IN3. The first kappa shape index (κ1) is 22.5. The highest BCUT2D eigenvalue weighted by atomic mass is 127. The Labute approximate surface area is 170 Å². The topological polar surface area (TPSA) is 36.4 Å². The Kier molecular flexibility index (Phi) is 8.93. The molecule has 0 amide bonds. The lowest BCUT2D eigenvalue weighted by Gasteiger charge is -2.31. The molecule has 2 unspecified atom stereocenters. The van der Waals surface area contributed by atoms with E-state index in [0.29, 0.717) is 28.8 Å². The van der Waals surface area contributed by atoms with Crippen molar-refractivity contribution in [1.29, 1.82) is 0 Å². The van der Waals surface area contributed by atoms with E-state index in [4.69, 9.17) is 0 Å². The van der Waals surface area contributed by atoms with E-state index < -0.39 is 12.1 Å². The third-order valence-electron chi connectivity index (χ3n) is 4.16. The SMILES string of the molecule is CN=C(NCc1ccc(Br)cc1F)NC1CCCC(C(F)(F)F)C1.I. The van der Waals surface area contributed by atoms with Gasteiger partial charge in [-0.2, -0.15) is 13.2 Å². The van der Waals surface area contributed by atoms with Crippen LogP contribution < -0.4 is 10.6 Å². The molecule has 0 radical (unpaired) electrons. The second-order valence-corrected chi connectivity index (χ2v) is 6.82. The second kappa shape index (κ2) is 9.94. The van der Waals surface area contributed by atoms with Crippen LogP contribution in [-0.2, 0) is 6.54 Å². The van der Waals surface area contributed by atoms with Crippen molar-refractivity contribution in [3.8, 4) is 0 Å². The molecule has 0 bridgehead atoms. The molecule has 2 N–H and O–H groups in total. The zero-order chi connectivity index (χ0) is 17.7. The van der Waals surface area contributed by atoms with E-state index in [9.17, 15) is 17.6 Å². The highest BCUT2D eigenvalue weighted by molar-refractivity contribution is 14.0. The van der Waals surface area contributed by atoms with Crippen LogP contribution in [0.3, 0.4) is 0 Å². The summed E-state index contributed by atoms with van der Waals surface area (Å²) >= 11 is 3.19. The minimum atomic E-state index is -4.15. The summed E-state index contributed by atoms with van der Waals surface area (Å²) in [4.78, 5) is 4.01. The van der Waals surface area contributed by atoms with Gasteiger partial charge in [-0.15, -0.1) is 24.0 Å². The summed E-state index contributed by atoms with van der Waals surface area (Å²) in [5.41, 5.74) is 0.456. The Bertz CT molecular complexity index is 595. The van der Waals surface area contributed by atoms with Gasteiger partial charge in [0.05, 0.1) is 5.92 Å². The predicted molar refractivity (Wildman–Crippen MR) is 105 cm³/mol. The molecule has 1 aromatic carbocycles. The van der Waals surface area contributed by atoms with E-state index in [0.717, 1.165) is 0 Å². The molecule has 1 fully saturated rings. The lowest BCUT2D eigenvalue weighted by Crippen LogP contribution is -2.46. The lowest BCUT2D eigenvalue weighted by atomic mass is 9.85. The number of benzene rings is 1. The number of aliphatic imine (C=N–C) groups is 1. The average molecular weight is 538 g/mol. The zero-order valence-electron chi connectivity index (χ0n) is 13.7. The minimum absolute atomic E-state index is 0. The van der Waals surface area contributed by atoms with Gasteiger partial charge in [-0.3, -0.25) is 4.99 Å². The van der Waals surface area contributed by atoms with Crippen molar-refractivity contribution >= 4 is 45.9 Å². The minimum Gasteiger partial charge on any atom is -0.354 e. The quantitative estimate of drug-likeness (QED) is 0.247. The van der Waals surface area contributed by atoms with Gasteiger partial charge in [0.15, 0.2) is 5.96 Å². The number of hydrogen-bond acceptors (Lipinski definition) is 1. The van der Waals surface area contributed by atoms with Crippen molar-refractivity contribution in [2.24, 2.45) is 10.9 Å². The number of nitrogens with one attached hydrogen (secondary N) is 2. The van der Waals surface area contributed by atoms with E-state index in [1.54, 1.807) is 12.1 Å². The normalized spacial score (nSPS) is 21.4. The third kappa shape index (κ3) is 6.92. The molecule has 3 nitrogen and oxygen atoms in total. The molecule has 0 spiro atoms. The van der Waals surface area contributed by atoms with Crippen LogP contribution in [0, 0.1) is 11.7 Å². The van der Waals surface area contributed by atoms with Gasteiger partial charge in [-0.1, -0.05) is 28.4 Å². The van der Waals surface area contributed by atoms with Crippen LogP contribution >= 0.6 is 39.9 Å². The summed E-state index contributed by atoms with van der Waals surface area (Å²) in [5, 5.41) is 5.97. The summed E-state index contributed by atoms with van der Waals surface area (Å²) in [5.74, 6) is -1.25. The molecule has 0 aromatic heterocycles. The van der Waals surface area contributed by atoms with Gasteiger partial charge in [-0.25, -0.2) is 4.39 Å². The van der Waals surface area contributed by atoms with Gasteiger partial charge in [-0.05, 0) is 31.4 Å². The number of nitrogens with zero attached hydrogens (tertiary/aromatic N) is 1. The summed E-state index contributed by atoms with van der Waals surface area (Å²) < 4.78 is 53.0. The predicted octanol–water partition coefficient (Wildman–Crippen LogP) is 4.99. The van der Waals surface area contributed by atoms with Gasteiger partial charge in [0, 0.05) is 29.7 Å². The molecule has 1 aliphatic carbocycles. The number of alkyl halides is 3. The zero-order valence-corrected chi connectivity index (χ0v) is 17.6. The smallest absolute Gasteiger partial charge is 0.354 e. The number of halogens is 6. The first-order valence-electron chi connectivity index (χ1n) is 7.77. The lowest BCUT2D eigenvalue weighted by molar-refractivity contribution is -0.183. The van der Waals surface area contributed by atoms with Gasteiger partial charge < -0.3 is 10.6 Å². The van der Waals surface area contributed by atoms with E-state index in [1.165, 1.54) is 13.1 Å². The first-order valence-corrected chi connectivity index (χ1v) is 8.56. The van der Waals surface area contributed by atoms with Crippen LogP contribution in [0.1, 0.15) is 31.2 Å². The Morgan fingerprint density at radius 3 is 2.64 bits per heavy atom. The molecule has 1 saturated carbocycles. The van der Waals surface area contributed by atoms with Gasteiger partial charge in [0.1, 0.15) is 5.82 Å². The van der Waals surface area contributed by atoms with E-state index in [1.807, 2.05) is 0 Å². The maximum atomic E-state index is 13.8. The van der Waals surface area contributed by atoms with Gasteiger partial charge >= 0.3 is 6.18 Å². The standard InChI is InChI=1S/C16H20BrF4N3.HI/c1-22-15(23-9-10-5-6-12(17)8-14(10)18)24-13-4-2-3-11(7-13)16(19,20)21;/h5-6,8,11,13H,2-4,7,9H2,1H3,(H2,22,23,24);1H. The van der Waals surface area contributed by atoms with Crippen molar-refractivity contribution < 1.29 is 17.6 Å². The molecule has 0 heterocycles. The van der Waals surface area contributed by atoms with Crippen molar-refractivity contribution in [2.45, 2.75) is 44.4 Å². The maximum Gasteiger partial charge on any atom is 0.391 e. The Morgan fingerprint density at radius 1 is 1.32 bits per heavy atom. The first-order chi connectivity index (χ1) is 11.3. The highest BCUT2D eigenvalue weighted by Crippen LogP contribution is 2.37. The van der Waals surface area contributed by atoms with Crippen LogP contribution in [-0.4, -0.2) is 25.2 Å². The summed E-state index contributed by atoms with van der Waals surface area (Å²) in [6.45, 7) is 0.203. The Hall–Kier alpha value is -0.580. The maximum absolute atomic E-state index is 13.8. The average Bonchev–Trinajstić information content (AvgIpc) is 2.52. The van der Waals surface area contributed by atoms with Gasteiger partial charge in [0.2, 0.25) is 0 Å². The van der Waals surface area contributed by atoms with Crippen molar-refractivity contribution in [3.05, 3.63) is 34.1 Å². The van der Waals surface area contributed by atoms with Crippen LogP contribution in [0.5, 0.6) is 0 Å². The molecule has 2 rings (SSSR count). The second-order valence-electron chi connectivity index (χ2n) is 5.91. The third-order valence-corrected chi connectivity index (χ3v) is 4.66. The molecule has 0 aliphatic heterocycles. The van der Waals surface area contributed by atoms with Crippen LogP contribution in [0.4, 0.5) is 17.6 Å². The summed E-state index contributed by atoms with van der Waals surface area (Å²) in [6, 6.07) is 4.44. The highest BCUT2D eigenvalue weighted by Gasteiger charge is 2.42. The fourth-order valence-electron chi connectivity index (χ4n) is 2.85. The number of guanidine groups is 1. The summed E-state index contributed by atoms with van der Waals surface area (Å²) in [7, 11) is 1.54. The fraction of sp³-hybridized carbons (Fsp3) is 0.562.